The second-order valence-electron chi connectivity index (χ2n) is 6.25. The summed E-state index contributed by atoms with van der Waals surface area (Å²) in [7, 11) is -2.56. The van der Waals surface area contributed by atoms with Gasteiger partial charge in [-0.2, -0.15) is 4.31 Å². The van der Waals surface area contributed by atoms with Crippen LogP contribution in [0.15, 0.2) is 53.7 Å². The summed E-state index contributed by atoms with van der Waals surface area (Å²) in [5.41, 5.74) is 2.19. The van der Waals surface area contributed by atoms with Crippen LogP contribution in [0.1, 0.15) is 19.4 Å². The first-order valence-corrected chi connectivity index (χ1v) is 9.74. The molecule has 0 aliphatic carbocycles. The maximum absolute atomic E-state index is 13.3. The largest absolute Gasteiger partial charge is 0.497 e. The number of hydrogen-bond donors (Lipinski definition) is 2. The van der Waals surface area contributed by atoms with Crippen LogP contribution in [0.3, 0.4) is 0 Å². The Balaban J connectivity index is 0.00000392. The van der Waals surface area contributed by atoms with E-state index in [1.54, 1.807) is 37.7 Å². The van der Waals surface area contributed by atoms with Crippen LogP contribution >= 0.6 is 12.4 Å². The zero-order chi connectivity index (χ0) is 20.0. The number of ether oxygens (including phenoxy) is 1. The molecule has 2 rings (SSSR count). The number of nitrogens with one attached hydrogen (secondary N) is 1. The molecule has 0 radical (unpaired) electrons. The molecule has 1 aromatic heterocycles. The lowest BCUT2D eigenvalue weighted by atomic mass is 10.0. The Morgan fingerprint density at radius 3 is 2.36 bits per heavy atom. The molecule has 154 valence electrons. The number of hydroxylamine groups is 1. The molecule has 1 unspecified atom stereocenters. The van der Waals surface area contributed by atoms with Crippen LogP contribution in [-0.4, -0.2) is 42.0 Å². The maximum atomic E-state index is 13.3. The van der Waals surface area contributed by atoms with Crippen molar-refractivity contribution in [3.63, 3.8) is 0 Å². The first-order valence-electron chi connectivity index (χ1n) is 8.30. The van der Waals surface area contributed by atoms with Crippen LogP contribution in [0.2, 0.25) is 0 Å². The van der Waals surface area contributed by atoms with Gasteiger partial charge >= 0.3 is 0 Å². The monoisotopic (exact) mass is 429 g/mol. The number of rotatable bonds is 8. The summed E-state index contributed by atoms with van der Waals surface area (Å²) in [4.78, 5) is 16.3. The molecule has 28 heavy (non-hydrogen) atoms. The molecule has 0 bridgehead atoms. The summed E-state index contributed by atoms with van der Waals surface area (Å²) in [5, 5.41) is 9.12. The van der Waals surface area contributed by atoms with E-state index >= 15 is 0 Å². The molecule has 10 heteroatoms. The lowest BCUT2D eigenvalue weighted by Crippen LogP contribution is -2.51. The summed E-state index contributed by atoms with van der Waals surface area (Å²) in [5.74, 6) is -0.672. The Labute approximate surface area is 171 Å². The fraction of sp³-hybridized carbons (Fsp3) is 0.333. The number of amides is 1. The second-order valence-corrected chi connectivity index (χ2v) is 8.14. The van der Waals surface area contributed by atoms with Gasteiger partial charge in [0, 0.05) is 18.9 Å². The van der Waals surface area contributed by atoms with Crippen LogP contribution in [0.4, 0.5) is 0 Å². The van der Waals surface area contributed by atoms with Crippen molar-refractivity contribution in [1.82, 2.24) is 14.8 Å². The van der Waals surface area contributed by atoms with E-state index < -0.39 is 22.0 Å². The van der Waals surface area contributed by atoms with Gasteiger partial charge in [0.2, 0.25) is 10.0 Å². The van der Waals surface area contributed by atoms with E-state index in [9.17, 15) is 13.2 Å². The summed E-state index contributed by atoms with van der Waals surface area (Å²) in [6, 6.07) is 8.19. The van der Waals surface area contributed by atoms with Gasteiger partial charge in [0.25, 0.3) is 5.91 Å². The molecular weight excluding hydrogens is 406 g/mol. The van der Waals surface area contributed by atoms with Crippen molar-refractivity contribution in [1.29, 1.82) is 0 Å². The highest BCUT2D eigenvalue weighted by molar-refractivity contribution is 7.89. The average molecular weight is 430 g/mol. The molecule has 0 aliphatic rings. The summed E-state index contributed by atoms with van der Waals surface area (Å²) in [6.45, 7) is 3.35. The molecule has 0 saturated carbocycles. The quantitative estimate of drug-likeness (QED) is 0.492. The molecule has 0 fully saturated rings. The summed E-state index contributed by atoms with van der Waals surface area (Å²) < 4.78 is 32.7. The van der Waals surface area contributed by atoms with Crippen molar-refractivity contribution in [2.45, 2.75) is 31.3 Å². The highest BCUT2D eigenvalue weighted by Gasteiger charge is 2.38. The fourth-order valence-electron chi connectivity index (χ4n) is 2.72. The Bertz CT molecular complexity index is 861. The van der Waals surface area contributed by atoms with Crippen LogP contribution < -0.4 is 10.2 Å². The van der Waals surface area contributed by atoms with Crippen molar-refractivity contribution >= 4 is 28.3 Å². The fourth-order valence-corrected chi connectivity index (χ4v) is 4.43. The molecular formula is C18H24ClN3O5S. The molecule has 1 amide bonds. The third-order valence-electron chi connectivity index (χ3n) is 4.05. The number of aromatic nitrogens is 1. The van der Waals surface area contributed by atoms with E-state index in [1.807, 2.05) is 0 Å². The number of nitrogens with zero attached hydrogens (tertiary/aromatic N) is 2. The van der Waals surface area contributed by atoms with Crippen LogP contribution in [0, 0.1) is 5.92 Å². The number of pyridine rings is 1. The van der Waals surface area contributed by atoms with Gasteiger partial charge in [-0.05, 0) is 41.8 Å². The molecule has 0 spiro atoms. The normalized spacial score (nSPS) is 12.4. The van der Waals surface area contributed by atoms with Crippen molar-refractivity contribution in [3.8, 4) is 5.75 Å². The summed E-state index contributed by atoms with van der Waals surface area (Å²) in [6.07, 6.45) is 3.11. The van der Waals surface area contributed by atoms with Crippen molar-refractivity contribution < 1.29 is 23.2 Å². The minimum atomic E-state index is -4.05. The Morgan fingerprint density at radius 1 is 1.25 bits per heavy atom. The highest BCUT2D eigenvalue weighted by Crippen LogP contribution is 2.26. The molecule has 1 heterocycles. The number of sulfonamides is 1. The smallest absolute Gasteiger partial charge is 0.262 e. The number of benzene rings is 1. The predicted molar refractivity (Wildman–Crippen MR) is 106 cm³/mol. The Kier molecular flexibility index (Phi) is 8.83. The minimum Gasteiger partial charge on any atom is -0.497 e. The number of carbonyl (C=O) groups is 1. The van der Waals surface area contributed by atoms with Crippen molar-refractivity contribution in [2.75, 3.05) is 7.11 Å². The lowest BCUT2D eigenvalue weighted by Gasteiger charge is -2.32. The van der Waals surface area contributed by atoms with Gasteiger partial charge in [-0.25, -0.2) is 13.9 Å². The molecule has 1 aromatic carbocycles. The van der Waals surface area contributed by atoms with Gasteiger partial charge in [0.15, 0.2) is 0 Å². The van der Waals surface area contributed by atoms with Gasteiger partial charge in [-0.15, -0.1) is 12.4 Å². The van der Waals surface area contributed by atoms with E-state index in [-0.39, 0.29) is 29.8 Å². The molecule has 1 atom stereocenters. The third kappa shape index (κ3) is 5.41. The zero-order valence-electron chi connectivity index (χ0n) is 15.8. The van der Waals surface area contributed by atoms with E-state index in [0.29, 0.717) is 11.3 Å². The van der Waals surface area contributed by atoms with Gasteiger partial charge in [-0.1, -0.05) is 19.9 Å². The third-order valence-corrected chi connectivity index (χ3v) is 5.89. The number of methoxy groups -OCH3 is 1. The lowest BCUT2D eigenvalue weighted by molar-refractivity contribution is -0.134. The van der Waals surface area contributed by atoms with Crippen molar-refractivity contribution in [2.24, 2.45) is 5.92 Å². The number of carbonyl (C=O) groups excluding carboxylic acids is 1. The van der Waals surface area contributed by atoms with Crippen LogP contribution in [0.25, 0.3) is 0 Å². The van der Waals surface area contributed by atoms with Crippen LogP contribution in [0.5, 0.6) is 5.75 Å². The maximum Gasteiger partial charge on any atom is 0.262 e. The average Bonchev–Trinajstić information content (AvgIpc) is 2.67. The van der Waals surface area contributed by atoms with E-state index in [1.165, 1.54) is 37.6 Å². The van der Waals surface area contributed by atoms with Gasteiger partial charge < -0.3 is 4.74 Å². The first kappa shape index (κ1) is 23.8. The van der Waals surface area contributed by atoms with E-state index in [0.717, 1.165) is 4.31 Å². The number of halogens is 1. The number of hydrogen-bond acceptors (Lipinski definition) is 6. The summed E-state index contributed by atoms with van der Waals surface area (Å²) >= 11 is 0. The van der Waals surface area contributed by atoms with Gasteiger partial charge in [-0.3, -0.25) is 15.0 Å². The van der Waals surface area contributed by atoms with Crippen molar-refractivity contribution in [3.05, 3.63) is 54.4 Å². The molecule has 0 aliphatic heterocycles. The van der Waals surface area contributed by atoms with Gasteiger partial charge in [0.1, 0.15) is 11.8 Å². The Morgan fingerprint density at radius 2 is 1.89 bits per heavy atom. The molecule has 8 nitrogen and oxygen atoms in total. The SMILES string of the molecule is COc1ccc(S(=O)(=O)N(Cc2cccnc2)C(C(=O)NO)C(C)C)cc1.Cl. The molecule has 0 saturated heterocycles. The Hall–Kier alpha value is -2.20. The van der Waals surface area contributed by atoms with E-state index in [2.05, 4.69) is 4.98 Å². The zero-order valence-corrected chi connectivity index (χ0v) is 17.4. The first-order chi connectivity index (χ1) is 12.8. The predicted octanol–water partition coefficient (Wildman–Crippen LogP) is 2.23. The minimum absolute atomic E-state index is 0. The molecule has 2 aromatic rings. The highest BCUT2D eigenvalue weighted by atomic mass is 35.5. The second kappa shape index (κ2) is 10.4. The van der Waals surface area contributed by atoms with E-state index in [4.69, 9.17) is 9.94 Å². The van der Waals surface area contributed by atoms with Crippen LogP contribution in [-0.2, 0) is 21.4 Å². The molecule has 2 N–H and O–H groups in total. The van der Waals surface area contributed by atoms with Gasteiger partial charge in [0.05, 0.1) is 12.0 Å². The topological polar surface area (TPSA) is 109 Å². The standard InChI is InChI=1S/C18H23N3O5S.ClH/c1-13(2)17(18(22)20-23)21(12-14-5-4-10-19-11-14)27(24,25)16-8-6-15(26-3)7-9-16;/h4-11,13,17,23H,12H2,1-3H3,(H,20,22);1H.